The lowest BCUT2D eigenvalue weighted by molar-refractivity contribution is -0.141. The zero-order valence-electron chi connectivity index (χ0n) is 20.2. The second kappa shape index (κ2) is 10.1. The van der Waals surface area contributed by atoms with Gasteiger partial charge >= 0.3 is 6.18 Å². The summed E-state index contributed by atoms with van der Waals surface area (Å²) in [4.78, 5) is 9.04. The number of imidazole rings is 1. The van der Waals surface area contributed by atoms with Crippen molar-refractivity contribution in [1.82, 2.24) is 30.2 Å². The van der Waals surface area contributed by atoms with E-state index in [0.29, 0.717) is 33.3 Å². The normalized spacial score (nSPS) is 12.1. The number of anilines is 1. The molecule has 5 rings (SSSR count). The number of hydrogen-bond acceptors (Lipinski definition) is 6. The first kappa shape index (κ1) is 25.2. The number of hydrogen-bond donors (Lipinski definition) is 2. The number of alkyl halides is 3. The Morgan fingerprint density at radius 2 is 1.84 bits per heavy atom. The third kappa shape index (κ3) is 5.16. The van der Waals surface area contributed by atoms with Crippen molar-refractivity contribution < 1.29 is 13.2 Å². The summed E-state index contributed by atoms with van der Waals surface area (Å²) in [6.07, 6.45) is -1.50. The molecule has 0 fully saturated rings. The Kier molecular flexibility index (Phi) is 6.72. The van der Waals surface area contributed by atoms with E-state index in [2.05, 4.69) is 55.9 Å². The highest BCUT2D eigenvalue weighted by atomic mass is 32.1. The van der Waals surface area contributed by atoms with Crippen molar-refractivity contribution >= 4 is 51.2 Å². The minimum Gasteiger partial charge on any atom is -0.331 e. The summed E-state index contributed by atoms with van der Waals surface area (Å²) in [5.74, 6) is 0.566. The van der Waals surface area contributed by atoms with Crippen molar-refractivity contribution in [2.24, 2.45) is 5.10 Å². The van der Waals surface area contributed by atoms with Crippen LogP contribution in [0.3, 0.4) is 0 Å². The number of halogens is 3. The van der Waals surface area contributed by atoms with E-state index in [1.165, 1.54) is 12.4 Å². The van der Waals surface area contributed by atoms with Crippen molar-refractivity contribution in [3.8, 4) is 5.82 Å². The first-order chi connectivity index (χ1) is 18.2. The van der Waals surface area contributed by atoms with E-state index in [0.717, 1.165) is 22.7 Å². The number of benzene rings is 2. The van der Waals surface area contributed by atoms with Crippen molar-refractivity contribution in [2.45, 2.75) is 25.9 Å². The highest BCUT2D eigenvalue weighted by molar-refractivity contribution is 7.80. The average Bonchev–Trinajstić information content (AvgIpc) is 3.33. The van der Waals surface area contributed by atoms with Crippen LogP contribution in [-0.2, 0) is 6.18 Å². The first-order valence-corrected chi connectivity index (χ1v) is 12.0. The predicted molar refractivity (Wildman–Crippen MR) is 144 cm³/mol. The standard InChI is InChI=1S/C26H21F3N8S/c1-15(2)17-5-3-4-6-19(17)33-25(38)36-31-13-16-7-8-18-20(32-16)9-10-21-24(18)30-14-37(21)23-12-11-22(34-35-23)26(27,28)29/h3-15H,1-2H3,(H2,33,36,38). The number of nitrogens with zero attached hydrogens (tertiary/aromatic N) is 6. The number of nitrogens with one attached hydrogen (secondary N) is 2. The van der Waals surface area contributed by atoms with E-state index < -0.39 is 11.9 Å². The number of hydrazone groups is 1. The minimum atomic E-state index is -4.55. The van der Waals surface area contributed by atoms with E-state index in [9.17, 15) is 13.2 Å². The van der Waals surface area contributed by atoms with Crippen molar-refractivity contribution in [3.63, 3.8) is 0 Å². The molecule has 0 saturated heterocycles. The Bertz CT molecular complexity index is 1660. The van der Waals surface area contributed by atoms with Crippen LogP contribution in [0.15, 0.2) is 72.1 Å². The van der Waals surface area contributed by atoms with Crippen LogP contribution >= 0.6 is 12.2 Å². The molecular formula is C26H21F3N8S. The molecule has 2 aromatic carbocycles. The second-order valence-electron chi connectivity index (χ2n) is 8.69. The Labute approximate surface area is 220 Å². The third-order valence-corrected chi connectivity index (χ3v) is 5.98. The number of fused-ring (bicyclic) bond motifs is 3. The molecule has 3 heterocycles. The predicted octanol–water partition coefficient (Wildman–Crippen LogP) is 5.83. The van der Waals surface area contributed by atoms with Crippen LogP contribution in [0, 0.1) is 0 Å². The fraction of sp³-hybridized carbons (Fsp3) is 0.154. The lowest BCUT2D eigenvalue weighted by atomic mass is 10.0. The van der Waals surface area contributed by atoms with Gasteiger partial charge in [0.2, 0.25) is 0 Å². The van der Waals surface area contributed by atoms with E-state index >= 15 is 0 Å². The molecule has 0 aliphatic rings. The summed E-state index contributed by atoms with van der Waals surface area (Å²) in [5, 5.41) is 15.5. The maximum Gasteiger partial charge on any atom is 0.435 e. The van der Waals surface area contributed by atoms with Gasteiger partial charge in [-0.15, -0.1) is 10.2 Å². The molecule has 0 aliphatic heterocycles. The maximum absolute atomic E-state index is 12.8. The van der Waals surface area contributed by atoms with Gasteiger partial charge in [0.25, 0.3) is 0 Å². The van der Waals surface area contributed by atoms with Gasteiger partial charge in [0, 0.05) is 11.1 Å². The average molecular weight is 535 g/mol. The molecule has 0 aliphatic carbocycles. The van der Waals surface area contributed by atoms with Crippen LogP contribution in [0.2, 0.25) is 0 Å². The van der Waals surface area contributed by atoms with Gasteiger partial charge in [0.15, 0.2) is 16.6 Å². The Hall–Kier alpha value is -4.45. The Morgan fingerprint density at radius 3 is 2.58 bits per heavy atom. The molecular weight excluding hydrogens is 513 g/mol. The number of rotatable bonds is 5. The minimum absolute atomic E-state index is 0.225. The summed E-state index contributed by atoms with van der Waals surface area (Å²) in [7, 11) is 0. The molecule has 2 N–H and O–H groups in total. The molecule has 0 atom stereocenters. The number of para-hydroxylation sites is 1. The van der Waals surface area contributed by atoms with Gasteiger partial charge in [-0.2, -0.15) is 18.3 Å². The summed E-state index contributed by atoms with van der Waals surface area (Å²) >= 11 is 5.36. The van der Waals surface area contributed by atoms with Crippen molar-refractivity contribution in [1.29, 1.82) is 0 Å². The molecule has 38 heavy (non-hydrogen) atoms. The molecule has 0 bridgehead atoms. The molecule has 0 amide bonds. The molecule has 8 nitrogen and oxygen atoms in total. The molecule has 0 unspecified atom stereocenters. The lowest BCUT2D eigenvalue weighted by Gasteiger charge is -2.14. The van der Waals surface area contributed by atoms with Crippen LogP contribution in [-0.4, -0.2) is 36.1 Å². The van der Waals surface area contributed by atoms with Crippen LogP contribution in [0.25, 0.3) is 27.8 Å². The van der Waals surface area contributed by atoms with Gasteiger partial charge in [-0.3, -0.25) is 9.99 Å². The molecule has 3 aromatic heterocycles. The molecule has 12 heteroatoms. The molecule has 0 spiro atoms. The molecule has 0 radical (unpaired) electrons. The monoisotopic (exact) mass is 534 g/mol. The quantitative estimate of drug-likeness (QED) is 0.167. The Morgan fingerprint density at radius 1 is 1.03 bits per heavy atom. The largest absolute Gasteiger partial charge is 0.435 e. The SMILES string of the molecule is CC(C)c1ccccc1NC(=S)NN=Cc1ccc2c(ccc3c2ncn3-c2ccc(C(F)(F)F)nn2)n1. The van der Waals surface area contributed by atoms with Crippen LogP contribution in [0.5, 0.6) is 0 Å². The van der Waals surface area contributed by atoms with E-state index in [-0.39, 0.29) is 5.82 Å². The molecule has 192 valence electrons. The van der Waals surface area contributed by atoms with Gasteiger partial charge < -0.3 is 5.32 Å². The van der Waals surface area contributed by atoms with Gasteiger partial charge in [-0.25, -0.2) is 9.97 Å². The molecule has 5 aromatic rings. The number of thiocarbonyl (C=S) groups is 1. The summed E-state index contributed by atoms with van der Waals surface area (Å²) in [5.41, 5.74) is 6.40. The van der Waals surface area contributed by atoms with Crippen LogP contribution in [0.1, 0.15) is 36.7 Å². The summed E-state index contributed by atoms with van der Waals surface area (Å²) < 4.78 is 40.0. The smallest absolute Gasteiger partial charge is 0.331 e. The maximum atomic E-state index is 12.8. The van der Waals surface area contributed by atoms with Crippen molar-refractivity contribution in [2.75, 3.05) is 5.32 Å². The summed E-state index contributed by atoms with van der Waals surface area (Å²) in [6.45, 7) is 4.23. The van der Waals surface area contributed by atoms with E-state index in [1.807, 2.05) is 24.3 Å². The first-order valence-electron chi connectivity index (χ1n) is 11.6. The van der Waals surface area contributed by atoms with Gasteiger partial charge in [0.1, 0.15) is 6.33 Å². The van der Waals surface area contributed by atoms with Crippen molar-refractivity contribution in [3.05, 3.63) is 83.9 Å². The fourth-order valence-corrected chi connectivity index (χ4v) is 4.14. The van der Waals surface area contributed by atoms with Crippen LogP contribution in [0.4, 0.5) is 18.9 Å². The number of pyridine rings is 1. The lowest BCUT2D eigenvalue weighted by Crippen LogP contribution is -2.24. The highest BCUT2D eigenvalue weighted by Crippen LogP contribution is 2.28. The zero-order chi connectivity index (χ0) is 26.9. The highest BCUT2D eigenvalue weighted by Gasteiger charge is 2.33. The van der Waals surface area contributed by atoms with Gasteiger partial charge in [-0.05, 0) is 66.2 Å². The second-order valence-corrected chi connectivity index (χ2v) is 9.10. The number of aromatic nitrogens is 5. The van der Waals surface area contributed by atoms with E-state index in [1.54, 1.807) is 29.0 Å². The zero-order valence-corrected chi connectivity index (χ0v) is 21.0. The van der Waals surface area contributed by atoms with Gasteiger partial charge in [-0.1, -0.05) is 32.0 Å². The Balaban J connectivity index is 1.33. The van der Waals surface area contributed by atoms with Gasteiger partial charge in [0.05, 0.1) is 28.5 Å². The summed E-state index contributed by atoms with van der Waals surface area (Å²) in [6, 6.07) is 17.3. The molecule has 0 saturated carbocycles. The third-order valence-electron chi connectivity index (χ3n) is 5.79. The van der Waals surface area contributed by atoms with Crippen LogP contribution < -0.4 is 10.7 Å². The topological polar surface area (TPSA) is 92.9 Å². The fourth-order valence-electron chi connectivity index (χ4n) is 3.98. The van der Waals surface area contributed by atoms with E-state index in [4.69, 9.17) is 12.2 Å².